The summed E-state index contributed by atoms with van der Waals surface area (Å²) in [7, 11) is 1.64. The predicted molar refractivity (Wildman–Crippen MR) is 110 cm³/mol. The van der Waals surface area contributed by atoms with E-state index in [4.69, 9.17) is 9.47 Å². The van der Waals surface area contributed by atoms with Crippen LogP contribution >= 0.6 is 0 Å². The summed E-state index contributed by atoms with van der Waals surface area (Å²) in [4.78, 5) is 19.4. The number of nitrogens with zero attached hydrogens (tertiary/aromatic N) is 2. The molecule has 4 rings (SSSR count). The third-order valence-corrected chi connectivity index (χ3v) is 5.79. The van der Waals surface area contributed by atoms with Crippen molar-refractivity contribution in [3.63, 3.8) is 0 Å². The molecule has 0 saturated carbocycles. The van der Waals surface area contributed by atoms with Gasteiger partial charge in [-0.3, -0.25) is 20.6 Å². The van der Waals surface area contributed by atoms with Gasteiger partial charge in [0, 0.05) is 56.2 Å². The van der Waals surface area contributed by atoms with E-state index in [0.717, 1.165) is 31.7 Å². The van der Waals surface area contributed by atoms with Gasteiger partial charge in [-0.25, -0.2) is 0 Å². The van der Waals surface area contributed by atoms with Gasteiger partial charge in [-0.15, -0.1) is 0 Å². The SMILES string of the molecule is COCCOc1ccc(C(=O)N2CCCC2C2NNCC2c2ccncc2)cc1. The fourth-order valence-corrected chi connectivity index (χ4v) is 4.33. The first kappa shape index (κ1) is 19.8. The lowest BCUT2D eigenvalue weighted by Gasteiger charge is -2.32. The molecule has 1 amide bonds. The molecule has 7 nitrogen and oxygen atoms in total. The number of likely N-dealkylation sites (tertiary alicyclic amines) is 1. The van der Waals surface area contributed by atoms with E-state index in [1.807, 2.05) is 41.6 Å². The zero-order valence-electron chi connectivity index (χ0n) is 16.7. The highest BCUT2D eigenvalue weighted by Crippen LogP contribution is 2.32. The molecule has 0 radical (unpaired) electrons. The Morgan fingerprint density at radius 3 is 2.72 bits per heavy atom. The molecule has 3 unspecified atom stereocenters. The fourth-order valence-electron chi connectivity index (χ4n) is 4.33. The quantitative estimate of drug-likeness (QED) is 0.697. The van der Waals surface area contributed by atoms with E-state index in [2.05, 4.69) is 28.0 Å². The molecule has 2 N–H and O–H groups in total. The van der Waals surface area contributed by atoms with E-state index < -0.39 is 0 Å². The summed E-state index contributed by atoms with van der Waals surface area (Å²) in [6.45, 7) is 2.67. The molecular weight excluding hydrogens is 368 g/mol. The third kappa shape index (κ3) is 4.42. The Morgan fingerprint density at radius 1 is 1.17 bits per heavy atom. The van der Waals surface area contributed by atoms with Crippen LogP contribution in [0.2, 0.25) is 0 Å². The monoisotopic (exact) mass is 396 g/mol. The number of carbonyl (C=O) groups excluding carboxylic acids is 1. The number of hydrogen-bond donors (Lipinski definition) is 2. The normalized spacial score (nSPS) is 24.0. The molecule has 1 aromatic carbocycles. The molecule has 0 spiro atoms. The Bertz CT molecular complexity index is 799. The minimum absolute atomic E-state index is 0.0816. The smallest absolute Gasteiger partial charge is 0.254 e. The van der Waals surface area contributed by atoms with Crippen LogP contribution in [0.25, 0.3) is 0 Å². The molecule has 2 saturated heterocycles. The summed E-state index contributed by atoms with van der Waals surface area (Å²) in [5, 5.41) is 0. The minimum Gasteiger partial charge on any atom is -0.491 e. The van der Waals surface area contributed by atoms with Crippen molar-refractivity contribution in [1.82, 2.24) is 20.7 Å². The van der Waals surface area contributed by atoms with Crippen molar-refractivity contribution in [2.75, 3.05) is 33.4 Å². The van der Waals surface area contributed by atoms with Crippen molar-refractivity contribution in [2.24, 2.45) is 0 Å². The maximum Gasteiger partial charge on any atom is 0.254 e. The summed E-state index contributed by atoms with van der Waals surface area (Å²) in [5.41, 5.74) is 8.66. The average molecular weight is 396 g/mol. The molecular formula is C22H28N4O3. The van der Waals surface area contributed by atoms with Gasteiger partial charge < -0.3 is 14.4 Å². The second kappa shape index (κ2) is 9.35. The highest BCUT2D eigenvalue weighted by atomic mass is 16.5. The zero-order chi connectivity index (χ0) is 20.1. The van der Waals surface area contributed by atoms with E-state index in [1.165, 1.54) is 5.56 Å². The lowest BCUT2D eigenvalue weighted by atomic mass is 9.88. The molecule has 3 atom stereocenters. The molecule has 7 heteroatoms. The zero-order valence-corrected chi connectivity index (χ0v) is 16.7. The Kier molecular flexibility index (Phi) is 6.39. The Hall–Kier alpha value is -2.48. The first-order chi connectivity index (χ1) is 14.3. The topological polar surface area (TPSA) is 75.7 Å². The first-order valence-electron chi connectivity index (χ1n) is 10.2. The Balaban J connectivity index is 1.46. The second-order valence-corrected chi connectivity index (χ2v) is 7.51. The van der Waals surface area contributed by atoms with Gasteiger partial charge in [0.25, 0.3) is 5.91 Å². The van der Waals surface area contributed by atoms with Crippen LogP contribution in [-0.4, -0.2) is 61.3 Å². The van der Waals surface area contributed by atoms with Crippen molar-refractivity contribution >= 4 is 5.91 Å². The van der Waals surface area contributed by atoms with Crippen molar-refractivity contribution in [2.45, 2.75) is 30.8 Å². The number of ether oxygens (including phenoxy) is 2. The molecule has 29 heavy (non-hydrogen) atoms. The molecule has 1 aromatic heterocycles. The van der Waals surface area contributed by atoms with Crippen LogP contribution in [0.4, 0.5) is 0 Å². The Morgan fingerprint density at radius 2 is 1.97 bits per heavy atom. The van der Waals surface area contributed by atoms with Gasteiger partial charge >= 0.3 is 0 Å². The van der Waals surface area contributed by atoms with E-state index >= 15 is 0 Å². The lowest BCUT2D eigenvalue weighted by Crippen LogP contribution is -2.49. The fraction of sp³-hybridized carbons (Fsp3) is 0.455. The van der Waals surface area contributed by atoms with Gasteiger partial charge in [-0.05, 0) is 54.8 Å². The predicted octanol–water partition coefficient (Wildman–Crippen LogP) is 1.97. The molecule has 2 fully saturated rings. The molecule has 2 aliphatic heterocycles. The molecule has 2 aromatic rings. The number of carbonyl (C=O) groups is 1. The number of nitrogens with one attached hydrogen (secondary N) is 2. The standard InChI is InChI=1S/C22H28N4O3/c1-28-13-14-29-18-6-4-17(5-7-18)22(27)26-12-2-3-20(26)21-19(15-24-25-21)16-8-10-23-11-9-16/h4-11,19-21,24-25H,2-3,12-15H2,1H3. The minimum atomic E-state index is 0.0816. The summed E-state index contributed by atoms with van der Waals surface area (Å²) >= 11 is 0. The van der Waals surface area contributed by atoms with E-state index in [9.17, 15) is 4.79 Å². The van der Waals surface area contributed by atoms with Crippen molar-refractivity contribution in [3.8, 4) is 5.75 Å². The largest absolute Gasteiger partial charge is 0.491 e. The van der Waals surface area contributed by atoms with Gasteiger partial charge in [0.2, 0.25) is 0 Å². The first-order valence-corrected chi connectivity index (χ1v) is 10.2. The molecule has 0 bridgehead atoms. The number of pyridine rings is 1. The second-order valence-electron chi connectivity index (χ2n) is 7.51. The van der Waals surface area contributed by atoms with E-state index in [0.29, 0.717) is 24.7 Å². The summed E-state index contributed by atoms with van der Waals surface area (Å²) in [6.07, 6.45) is 5.69. The van der Waals surface area contributed by atoms with Crippen LogP contribution in [0.3, 0.4) is 0 Å². The number of hydrogen-bond acceptors (Lipinski definition) is 6. The van der Waals surface area contributed by atoms with Gasteiger partial charge in [0.15, 0.2) is 0 Å². The number of amides is 1. The van der Waals surface area contributed by atoms with Crippen molar-refractivity contribution in [1.29, 1.82) is 0 Å². The third-order valence-electron chi connectivity index (χ3n) is 5.79. The maximum absolute atomic E-state index is 13.2. The Labute approximate surface area is 171 Å². The number of aromatic nitrogens is 1. The lowest BCUT2D eigenvalue weighted by molar-refractivity contribution is 0.0704. The van der Waals surface area contributed by atoms with Gasteiger partial charge in [-0.1, -0.05) is 0 Å². The average Bonchev–Trinajstić information content (AvgIpc) is 3.44. The number of benzene rings is 1. The highest BCUT2D eigenvalue weighted by molar-refractivity contribution is 5.94. The van der Waals surface area contributed by atoms with Crippen LogP contribution < -0.4 is 15.6 Å². The highest BCUT2D eigenvalue weighted by Gasteiger charge is 2.41. The van der Waals surface area contributed by atoms with Crippen LogP contribution in [-0.2, 0) is 4.74 Å². The van der Waals surface area contributed by atoms with Crippen LogP contribution in [0, 0.1) is 0 Å². The summed E-state index contributed by atoms with van der Waals surface area (Å²) in [5.74, 6) is 1.14. The van der Waals surface area contributed by atoms with Crippen molar-refractivity contribution < 1.29 is 14.3 Å². The molecule has 0 aliphatic carbocycles. The van der Waals surface area contributed by atoms with Crippen LogP contribution in [0.1, 0.15) is 34.7 Å². The van der Waals surface area contributed by atoms with Gasteiger partial charge in [-0.2, -0.15) is 0 Å². The van der Waals surface area contributed by atoms with Crippen molar-refractivity contribution in [3.05, 3.63) is 59.9 Å². The van der Waals surface area contributed by atoms with Gasteiger partial charge in [0.05, 0.1) is 6.61 Å². The molecule has 2 aliphatic rings. The summed E-state index contributed by atoms with van der Waals surface area (Å²) in [6, 6.07) is 11.9. The maximum atomic E-state index is 13.2. The molecule has 3 heterocycles. The van der Waals surface area contributed by atoms with Gasteiger partial charge in [0.1, 0.15) is 12.4 Å². The van der Waals surface area contributed by atoms with Crippen LogP contribution in [0.15, 0.2) is 48.8 Å². The number of methoxy groups -OCH3 is 1. The number of rotatable bonds is 7. The van der Waals surface area contributed by atoms with E-state index in [1.54, 1.807) is 7.11 Å². The summed E-state index contributed by atoms with van der Waals surface area (Å²) < 4.78 is 10.6. The van der Waals surface area contributed by atoms with Crippen LogP contribution in [0.5, 0.6) is 5.75 Å². The number of hydrazine groups is 1. The van der Waals surface area contributed by atoms with E-state index in [-0.39, 0.29) is 18.0 Å². The molecule has 154 valence electrons.